The molecule has 7 nitrogen and oxygen atoms in total. The molecule has 0 spiro atoms. The van der Waals surface area contributed by atoms with E-state index in [1.807, 2.05) is 5.32 Å². The molecule has 2 atom stereocenters. The first-order chi connectivity index (χ1) is 14.7. The predicted octanol–water partition coefficient (Wildman–Crippen LogP) is 3.23. The van der Waals surface area contributed by atoms with Gasteiger partial charge in [0.2, 0.25) is 5.60 Å². The average Bonchev–Trinajstić information content (AvgIpc) is 2.72. The topological polar surface area (TPSA) is 95.9 Å². The summed E-state index contributed by atoms with van der Waals surface area (Å²) in [6.07, 6.45) is -5.18. The quantitative estimate of drug-likeness (QED) is 0.618. The SMILES string of the molecule is CN(C)C(=O)COc1ccc(S(=O)c2ccc(NC(=O)[C@@](C)(O)C(F)(F)F)c(Cl)c2)cc1. The van der Waals surface area contributed by atoms with Gasteiger partial charge in [0.15, 0.2) is 6.61 Å². The molecule has 0 saturated heterocycles. The highest BCUT2D eigenvalue weighted by Crippen LogP contribution is 2.33. The van der Waals surface area contributed by atoms with Crippen molar-refractivity contribution in [2.24, 2.45) is 0 Å². The second kappa shape index (κ2) is 9.88. The third-order valence-corrected chi connectivity index (χ3v) is 5.99. The molecule has 0 aliphatic heterocycles. The number of carbonyl (C=O) groups excluding carboxylic acids is 2. The number of nitrogens with one attached hydrogen (secondary N) is 1. The lowest BCUT2D eigenvalue weighted by molar-refractivity contribution is -0.242. The Morgan fingerprint density at radius 3 is 2.19 bits per heavy atom. The maximum atomic E-state index is 12.8. The van der Waals surface area contributed by atoms with Crippen molar-refractivity contribution in [3.8, 4) is 5.75 Å². The third-order valence-electron chi connectivity index (χ3n) is 4.30. The predicted molar refractivity (Wildman–Crippen MR) is 112 cm³/mol. The zero-order chi connectivity index (χ0) is 24.3. The highest BCUT2D eigenvalue weighted by Gasteiger charge is 2.55. The molecule has 2 aromatic carbocycles. The van der Waals surface area contributed by atoms with Crippen molar-refractivity contribution < 1.29 is 36.8 Å². The van der Waals surface area contributed by atoms with Crippen molar-refractivity contribution in [1.29, 1.82) is 0 Å². The van der Waals surface area contributed by atoms with E-state index in [0.29, 0.717) is 17.6 Å². The lowest BCUT2D eigenvalue weighted by Gasteiger charge is -2.25. The molecule has 174 valence electrons. The average molecular weight is 493 g/mol. The van der Waals surface area contributed by atoms with Gasteiger partial charge in [0.05, 0.1) is 21.5 Å². The fourth-order valence-electron chi connectivity index (χ4n) is 2.15. The molecular weight excluding hydrogens is 473 g/mol. The Balaban J connectivity index is 2.11. The number of alkyl halides is 3. The monoisotopic (exact) mass is 492 g/mol. The van der Waals surface area contributed by atoms with Crippen LogP contribution in [-0.2, 0) is 20.4 Å². The van der Waals surface area contributed by atoms with Crippen LogP contribution in [0.5, 0.6) is 5.75 Å². The molecule has 2 N–H and O–H groups in total. The number of aliphatic hydroxyl groups is 1. The number of anilines is 1. The summed E-state index contributed by atoms with van der Waals surface area (Å²) in [5.74, 6) is -1.53. The molecule has 2 amide bonds. The summed E-state index contributed by atoms with van der Waals surface area (Å²) < 4.78 is 56.5. The molecule has 0 aliphatic carbocycles. The van der Waals surface area contributed by atoms with Crippen molar-refractivity contribution in [2.45, 2.75) is 28.5 Å². The fourth-order valence-corrected chi connectivity index (χ4v) is 3.52. The van der Waals surface area contributed by atoms with E-state index in [4.69, 9.17) is 16.3 Å². The van der Waals surface area contributed by atoms with Gasteiger partial charge in [-0.05, 0) is 49.4 Å². The van der Waals surface area contributed by atoms with Crippen LogP contribution in [0.3, 0.4) is 0 Å². The van der Waals surface area contributed by atoms with Crippen molar-refractivity contribution in [2.75, 3.05) is 26.0 Å². The molecule has 0 bridgehead atoms. The summed E-state index contributed by atoms with van der Waals surface area (Å²) in [6, 6.07) is 9.85. The van der Waals surface area contributed by atoms with E-state index in [0.717, 1.165) is 0 Å². The summed E-state index contributed by atoms with van der Waals surface area (Å²) >= 11 is 6.02. The van der Waals surface area contributed by atoms with Gasteiger partial charge in [-0.2, -0.15) is 13.2 Å². The third kappa shape index (κ3) is 5.99. The van der Waals surface area contributed by atoms with Gasteiger partial charge < -0.3 is 20.1 Å². The number of amides is 2. The van der Waals surface area contributed by atoms with Gasteiger partial charge in [-0.15, -0.1) is 0 Å². The van der Waals surface area contributed by atoms with Gasteiger partial charge in [-0.25, -0.2) is 4.21 Å². The standard InChI is InChI=1S/C20H20ClF3N2O5S/c1-19(29,20(22,23)24)18(28)25-16-9-8-14(10-15(16)21)32(30)13-6-4-12(5-7-13)31-11-17(27)26(2)3/h4-10,29H,11H2,1-3H3,(H,25,28)/t19-,32?/m1/s1. The van der Waals surface area contributed by atoms with Crippen LogP contribution in [0.25, 0.3) is 0 Å². The second-order valence-corrected chi connectivity index (χ2v) is 8.87. The van der Waals surface area contributed by atoms with Crippen LogP contribution in [0.1, 0.15) is 6.92 Å². The number of carbonyl (C=O) groups is 2. The number of hydrogen-bond donors (Lipinski definition) is 2. The highest BCUT2D eigenvalue weighted by molar-refractivity contribution is 7.85. The van der Waals surface area contributed by atoms with Gasteiger partial charge in [-0.1, -0.05) is 11.6 Å². The lowest BCUT2D eigenvalue weighted by Crippen LogP contribution is -2.52. The van der Waals surface area contributed by atoms with Crippen LogP contribution in [0.2, 0.25) is 5.02 Å². The van der Waals surface area contributed by atoms with E-state index in [9.17, 15) is 32.1 Å². The minimum absolute atomic E-state index is 0.153. The lowest BCUT2D eigenvalue weighted by atomic mass is 10.1. The molecule has 12 heteroatoms. The van der Waals surface area contributed by atoms with E-state index in [1.54, 1.807) is 14.1 Å². The number of hydrogen-bond acceptors (Lipinski definition) is 5. The van der Waals surface area contributed by atoms with Crippen LogP contribution in [-0.4, -0.2) is 58.5 Å². The van der Waals surface area contributed by atoms with Crippen LogP contribution < -0.4 is 10.1 Å². The van der Waals surface area contributed by atoms with E-state index >= 15 is 0 Å². The molecule has 32 heavy (non-hydrogen) atoms. The Morgan fingerprint density at radius 2 is 1.69 bits per heavy atom. The minimum atomic E-state index is -5.18. The number of ether oxygens (including phenoxy) is 1. The Morgan fingerprint density at radius 1 is 1.12 bits per heavy atom. The largest absolute Gasteiger partial charge is 0.484 e. The van der Waals surface area contributed by atoms with Gasteiger partial charge >= 0.3 is 6.18 Å². The van der Waals surface area contributed by atoms with Crippen molar-refractivity contribution in [3.05, 3.63) is 47.5 Å². The number of benzene rings is 2. The summed E-state index contributed by atoms with van der Waals surface area (Å²) in [5.41, 5.74) is -3.80. The highest BCUT2D eigenvalue weighted by atomic mass is 35.5. The van der Waals surface area contributed by atoms with Crippen molar-refractivity contribution in [1.82, 2.24) is 4.90 Å². The molecule has 0 radical (unpaired) electrons. The second-order valence-electron chi connectivity index (χ2n) is 6.98. The molecule has 2 aromatic rings. The number of nitrogens with zero attached hydrogens (tertiary/aromatic N) is 1. The van der Waals surface area contributed by atoms with Crippen molar-refractivity contribution in [3.63, 3.8) is 0 Å². The van der Waals surface area contributed by atoms with Gasteiger partial charge in [-0.3, -0.25) is 9.59 Å². The number of halogens is 4. The van der Waals surface area contributed by atoms with E-state index in [-0.39, 0.29) is 28.1 Å². The summed E-state index contributed by atoms with van der Waals surface area (Å²) in [7, 11) is 1.50. The first kappa shape index (κ1) is 25.6. The van der Waals surface area contributed by atoms with Crippen molar-refractivity contribution >= 4 is 39.9 Å². The Kier molecular flexibility index (Phi) is 7.92. The molecule has 1 unspecified atom stereocenters. The Hall–Kier alpha value is -2.63. The Bertz CT molecular complexity index is 1030. The van der Waals surface area contributed by atoms with Crippen LogP contribution >= 0.6 is 11.6 Å². The van der Waals surface area contributed by atoms with E-state index in [2.05, 4.69) is 0 Å². The summed E-state index contributed by atoms with van der Waals surface area (Å²) in [6.45, 7) is 0.170. The first-order valence-corrected chi connectivity index (χ1v) is 10.5. The minimum Gasteiger partial charge on any atom is -0.484 e. The van der Waals surface area contributed by atoms with Gasteiger partial charge in [0.1, 0.15) is 5.75 Å². The molecule has 0 fully saturated rings. The van der Waals surface area contributed by atoms with Gasteiger partial charge in [0, 0.05) is 23.9 Å². The number of rotatable bonds is 7. The smallest absolute Gasteiger partial charge is 0.426 e. The van der Waals surface area contributed by atoms with E-state index < -0.39 is 28.5 Å². The van der Waals surface area contributed by atoms with Crippen LogP contribution in [0.15, 0.2) is 52.3 Å². The van der Waals surface area contributed by atoms with Crippen LogP contribution in [0.4, 0.5) is 18.9 Å². The summed E-state index contributed by atoms with van der Waals surface area (Å²) in [5, 5.41) is 11.2. The zero-order valence-corrected chi connectivity index (χ0v) is 18.8. The Labute approximate surface area is 189 Å². The maximum absolute atomic E-state index is 12.8. The molecule has 0 heterocycles. The normalized spacial score (nSPS) is 14.2. The fraction of sp³-hybridized carbons (Fsp3) is 0.300. The van der Waals surface area contributed by atoms with Crippen LogP contribution in [0, 0.1) is 0 Å². The van der Waals surface area contributed by atoms with E-state index in [1.165, 1.54) is 47.4 Å². The molecule has 0 aromatic heterocycles. The maximum Gasteiger partial charge on any atom is 0.426 e. The first-order valence-electron chi connectivity index (χ1n) is 8.99. The zero-order valence-electron chi connectivity index (χ0n) is 17.2. The molecular formula is C20H20ClF3N2O5S. The number of likely N-dealkylation sites (N-methyl/N-ethyl adjacent to an activating group) is 1. The van der Waals surface area contributed by atoms with Gasteiger partial charge in [0.25, 0.3) is 11.8 Å². The molecule has 0 aliphatic rings. The summed E-state index contributed by atoms with van der Waals surface area (Å²) in [4.78, 5) is 25.3. The molecule has 0 saturated carbocycles. The molecule has 2 rings (SSSR count).